The van der Waals surface area contributed by atoms with Gasteiger partial charge in [-0.1, -0.05) is 12.1 Å². The number of hydrogen-bond donors (Lipinski definition) is 1. The molecule has 1 aromatic carbocycles. The van der Waals surface area contributed by atoms with Crippen LogP contribution in [0.5, 0.6) is 5.75 Å². The highest BCUT2D eigenvalue weighted by Crippen LogP contribution is 2.45. The topological polar surface area (TPSA) is 29.5 Å². The zero-order valence-electron chi connectivity index (χ0n) is 7.79. The monoisotopic (exact) mass is 178 g/mol. The van der Waals surface area contributed by atoms with Gasteiger partial charge in [-0.3, -0.25) is 0 Å². The molecule has 0 aromatic heterocycles. The SMILES string of the molecule is CCOc1ccc(C2(O)CC2)cc1. The minimum Gasteiger partial charge on any atom is -0.494 e. The second-order valence-corrected chi connectivity index (χ2v) is 3.49. The number of aliphatic hydroxyl groups is 1. The molecule has 0 heterocycles. The first-order valence-corrected chi connectivity index (χ1v) is 4.70. The second kappa shape index (κ2) is 3.04. The highest BCUT2D eigenvalue weighted by molar-refractivity contribution is 5.33. The molecule has 13 heavy (non-hydrogen) atoms. The smallest absolute Gasteiger partial charge is 0.119 e. The predicted octanol–water partition coefficient (Wildman–Crippen LogP) is 2.07. The molecule has 0 bridgehead atoms. The summed E-state index contributed by atoms with van der Waals surface area (Å²) < 4.78 is 5.31. The molecule has 0 atom stereocenters. The number of benzene rings is 1. The summed E-state index contributed by atoms with van der Waals surface area (Å²) in [6.07, 6.45) is 1.78. The third kappa shape index (κ3) is 1.68. The second-order valence-electron chi connectivity index (χ2n) is 3.49. The Bertz CT molecular complexity index is 285. The lowest BCUT2D eigenvalue weighted by Crippen LogP contribution is -2.03. The lowest BCUT2D eigenvalue weighted by atomic mass is 10.1. The fourth-order valence-corrected chi connectivity index (χ4v) is 1.44. The van der Waals surface area contributed by atoms with Crippen LogP contribution in [0, 0.1) is 0 Å². The standard InChI is InChI=1S/C11H14O2/c1-2-13-10-5-3-9(4-6-10)11(12)7-8-11/h3-6,12H,2,7-8H2,1H3. The molecule has 70 valence electrons. The van der Waals surface area contributed by atoms with E-state index >= 15 is 0 Å². The summed E-state index contributed by atoms with van der Waals surface area (Å²) in [6.45, 7) is 2.64. The molecule has 0 saturated heterocycles. The highest BCUT2D eigenvalue weighted by Gasteiger charge is 2.41. The molecule has 1 fully saturated rings. The zero-order chi connectivity index (χ0) is 9.31. The van der Waals surface area contributed by atoms with E-state index in [1.165, 1.54) is 0 Å². The molecule has 1 aromatic rings. The number of hydrogen-bond acceptors (Lipinski definition) is 2. The van der Waals surface area contributed by atoms with E-state index in [0.29, 0.717) is 6.61 Å². The van der Waals surface area contributed by atoms with Crippen LogP contribution in [0.25, 0.3) is 0 Å². The molecule has 0 unspecified atom stereocenters. The van der Waals surface area contributed by atoms with Gasteiger partial charge >= 0.3 is 0 Å². The Hall–Kier alpha value is -1.02. The van der Waals surface area contributed by atoms with Crippen molar-refractivity contribution in [3.8, 4) is 5.75 Å². The summed E-state index contributed by atoms with van der Waals surface area (Å²) in [5, 5.41) is 9.78. The highest BCUT2D eigenvalue weighted by atomic mass is 16.5. The summed E-state index contributed by atoms with van der Waals surface area (Å²) in [7, 11) is 0. The Kier molecular flexibility index (Phi) is 2.00. The largest absolute Gasteiger partial charge is 0.494 e. The molecule has 0 spiro atoms. The molecule has 1 aliphatic rings. The van der Waals surface area contributed by atoms with Gasteiger partial charge in [0.25, 0.3) is 0 Å². The predicted molar refractivity (Wildman–Crippen MR) is 50.7 cm³/mol. The maximum absolute atomic E-state index is 9.78. The van der Waals surface area contributed by atoms with Crippen molar-refractivity contribution in [1.82, 2.24) is 0 Å². The van der Waals surface area contributed by atoms with Crippen molar-refractivity contribution >= 4 is 0 Å². The Balaban J connectivity index is 2.14. The summed E-state index contributed by atoms with van der Waals surface area (Å²) in [6, 6.07) is 7.71. The van der Waals surface area contributed by atoms with E-state index in [4.69, 9.17) is 4.74 Å². The first-order chi connectivity index (χ1) is 6.24. The van der Waals surface area contributed by atoms with Gasteiger partial charge in [-0.05, 0) is 37.5 Å². The van der Waals surface area contributed by atoms with E-state index in [0.717, 1.165) is 24.2 Å². The van der Waals surface area contributed by atoms with Gasteiger partial charge in [0.1, 0.15) is 5.75 Å². The first kappa shape index (κ1) is 8.57. The van der Waals surface area contributed by atoms with Crippen molar-refractivity contribution in [2.45, 2.75) is 25.4 Å². The number of ether oxygens (including phenoxy) is 1. The molecular formula is C11H14O2. The Morgan fingerprint density at radius 1 is 1.31 bits per heavy atom. The minimum atomic E-state index is -0.523. The van der Waals surface area contributed by atoms with Crippen molar-refractivity contribution < 1.29 is 9.84 Å². The van der Waals surface area contributed by atoms with E-state index in [1.807, 2.05) is 31.2 Å². The summed E-state index contributed by atoms with van der Waals surface area (Å²) in [4.78, 5) is 0. The summed E-state index contributed by atoms with van der Waals surface area (Å²) in [5.74, 6) is 0.871. The normalized spacial score (nSPS) is 18.3. The quantitative estimate of drug-likeness (QED) is 0.767. The van der Waals surface area contributed by atoms with Crippen LogP contribution in [0.2, 0.25) is 0 Å². The van der Waals surface area contributed by atoms with Gasteiger partial charge in [0, 0.05) is 0 Å². The molecule has 2 heteroatoms. The fourth-order valence-electron chi connectivity index (χ4n) is 1.44. The van der Waals surface area contributed by atoms with Crippen LogP contribution in [0.1, 0.15) is 25.3 Å². The fraction of sp³-hybridized carbons (Fsp3) is 0.455. The Morgan fingerprint density at radius 3 is 2.38 bits per heavy atom. The van der Waals surface area contributed by atoms with Gasteiger partial charge in [0.2, 0.25) is 0 Å². The first-order valence-electron chi connectivity index (χ1n) is 4.70. The van der Waals surface area contributed by atoms with E-state index in [-0.39, 0.29) is 0 Å². The number of rotatable bonds is 3. The maximum Gasteiger partial charge on any atom is 0.119 e. The van der Waals surface area contributed by atoms with Crippen LogP contribution in [0.3, 0.4) is 0 Å². The van der Waals surface area contributed by atoms with Crippen molar-refractivity contribution in [3.63, 3.8) is 0 Å². The molecule has 0 amide bonds. The average Bonchev–Trinajstić information content (AvgIpc) is 2.87. The molecule has 1 N–H and O–H groups in total. The van der Waals surface area contributed by atoms with Gasteiger partial charge in [0.05, 0.1) is 12.2 Å². The molecule has 0 radical (unpaired) electrons. The van der Waals surface area contributed by atoms with Crippen LogP contribution < -0.4 is 4.74 Å². The van der Waals surface area contributed by atoms with Crippen molar-refractivity contribution in [1.29, 1.82) is 0 Å². The summed E-state index contributed by atoms with van der Waals surface area (Å²) >= 11 is 0. The van der Waals surface area contributed by atoms with E-state index in [9.17, 15) is 5.11 Å². The minimum absolute atomic E-state index is 0.523. The molecule has 2 nitrogen and oxygen atoms in total. The van der Waals surface area contributed by atoms with Crippen LogP contribution in [-0.2, 0) is 5.60 Å². The van der Waals surface area contributed by atoms with Crippen molar-refractivity contribution in [2.75, 3.05) is 6.61 Å². The lowest BCUT2D eigenvalue weighted by Gasteiger charge is -2.08. The van der Waals surface area contributed by atoms with E-state index < -0.39 is 5.60 Å². The van der Waals surface area contributed by atoms with E-state index in [2.05, 4.69) is 0 Å². The molecule has 0 aliphatic heterocycles. The van der Waals surface area contributed by atoms with Crippen LogP contribution in [-0.4, -0.2) is 11.7 Å². The van der Waals surface area contributed by atoms with Gasteiger partial charge in [0.15, 0.2) is 0 Å². The summed E-state index contributed by atoms with van der Waals surface area (Å²) in [5.41, 5.74) is 0.487. The van der Waals surface area contributed by atoms with Gasteiger partial charge < -0.3 is 9.84 Å². The van der Waals surface area contributed by atoms with Crippen molar-refractivity contribution in [3.05, 3.63) is 29.8 Å². The Labute approximate surface area is 78.2 Å². The Morgan fingerprint density at radius 2 is 1.92 bits per heavy atom. The molecule has 1 saturated carbocycles. The van der Waals surface area contributed by atoms with Crippen LogP contribution in [0.4, 0.5) is 0 Å². The van der Waals surface area contributed by atoms with E-state index in [1.54, 1.807) is 0 Å². The molecular weight excluding hydrogens is 164 g/mol. The lowest BCUT2D eigenvalue weighted by molar-refractivity contribution is 0.151. The van der Waals surface area contributed by atoms with Gasteiger partial charge in [-0.15, -0.1) is 0 Å². The van der Waals surface area contributed by atoms with Crippen LogP contribution >= 0.6 is 0 Å². The zero-order valence-corrected chi connectivity index (χ0v) is 7.79. The molecule has 1 aliphatic carbocycles. The van der Waals surface area contributed by atoms with Gasteiger partial charge in [-0.25, -0.2) is 0 Å². The maximum atomic E-state index is 9.78. The third-order valence-electron chi connectivity index (χ3n) is 2.43. The molecule has 2 rings (SSSR count). The van der Waals surface area contributed by atoms with Crippen LogP contribution in [0.15, 0.2) is 24.3 Å². The third-order valence-corrected chi connectivity index (χ3v) is 2.43. The van der Waals surface area contributed by atoms with Gasteiger partial charge in [-0.2, -0.15) is 0 Å². The van der Waals surface area contributed by atoms with Crippen molar-refractivity contribution in [2.24, 2.45) is 0 Å². The average molecular weight is 178 g/mol.